The van der Waals surface area contributed by atoms with E-state index in [1.807, 2.05) is 24.3 Å². The van der Waals surface area contributed by atoms with Gasteiger partial charge >= 0.3 is 12.1 Å². The largest absolute Gasteiger partial charge is 0.480 e. The van der Waals surface area contributed by atoms with E-state index in [0.717, 1.165) is 24.0 Å². The third kappa shape index (κ3) is 4.15. The molecule has 2 aliphatic carbocycles. The van der Waals surface area contributed by atoms with E-state index in [0.29, 0.717) is 32.2 Å². The first kappa shape index (κ1) is 22.4. The Morgan fingerprint density at radius 1 is 0.912 bits per heavy atom. The zero-order chi connectivity index (χ0) is 23.7. The minimum absolute atomic E-state index is 0.0251. The molecule has 7 nitrogen and oxygen atoms in total. The van der Waals surface area contributed by atoms with Gasteiger partial charge < -0.3 is 20.1 Å². The Hall–Kier alpha value is -3.35. The first-order valence-electron chi connectivity index (χ1n) is 12.2. The highest BCUT2D eigenvalue weighted by molar-refractivity contribution is 5.86. The average Bonchev–Trinajstić information content (AvgIpc) is 3.46. The second-order valence-electron chi connectivity index (χ2n) is 9.50. The lowest BCUT2D eigenvalue weighted by Crippen LogP contribution is -2.51. The third-order valence-electron chi connectivity index (χ3n) is 7.55. The van der Waals surface area contributed by atoms with Gasteiger partial charge in [-0.15, -0.1) is 0 Å². The molecule has 1 saturated heterocycles. The van der Waals surface area contributed by atoms with Gasteiger partial charge in [0.05, 0.1) is 5.92 Å². The Morgan fingerprint density at radius 2 is 1.56 bits per heavy atom. The van der Waals surface area contributed by atoms with Crippen molar-refractivity contribution >= 4 is 18.0 Å². The fourth-order valence-electron chi connectivity index (χ4n) is 5.89. The van der Waals surface area contributed by atoms with E-state index in [9.17, 15) is 19.5 Å². The second kappa shape index (κ2) is 9.49. The topological polar surface area (TPSA) is 95.9 Å². The van der Waals surface area contributed by atoms with Gasteiger partial charge in [0.15, 0.2) is 0 Å². The number of carboxylic acid groups (broad SMARTS) is 1. The minimum Gasteiger partial charge on any atom is -0.480 e. The van der Waals surface area contributed by atoms with Crippen molar-refractivity contribution in [2.24, 2.45) is 5.92 Å². The number of aliphatic carboxylic acids is 1. The normalized spacial score (nSPS) is 23.8. The van der Waals surface area contributed by atoms with Gasteiger partial charge in [0.2, 0.25) is 5.91 Å². The van der Waals surface area contributed by atoms with E-state index >= 15 is 0 Å². The number of ether oxygens (including phenoxy) is 1. The van der Waals surface area contributed by atoms with Crippen LogP contribution in [0.2, 0.25) is 0 Å². The summed E-state index contributed by atoms with van der Waals surface area (Å²) in [5.41, 5.74) is 4.64. The molecular formula is C27H30N2O5. The lowest BCUT2D eigenvalue weighted by atomic mass is 9.83. The first-order valence-corrected chi connectivity index (χ1v) is 12.2. The molecule has 2 fully saturated rings. The summed E-state index contributed by atoms with van der Waals surface area (Å²) < 4.78 is 5.69. The zero-order valence-electron chi connectivity index (χ0n) is 19.1. The molecule has 178 valence electrons. The molecule has 1 heterocycles. The van der Waals surface area contributed by atoms with Crippen LogP contribution in [0.1, 0.15) is 55.6 Å². The molecule has 7 heteroatoms. The van der Waals surface area contributed by atoms with Crippen molar-refractivity contribution in [3.63, 3.8) is 0 Å². The number of amides is 2. The molecule has 0 bridgehead atoms. The van der Waals surface area contributed by atoms with E-state index in [-0.39, 0.29) is 24.5 Å². The maximum atomic E-state index is 13.2. The maximum Gasteiger partial charge on any atom is 0.407 e. The van der Waals surface area contributed by atoms with Crippen molar-refractivity contribution in [1.82, 2.24) is 10.2 Å². The Kier molecular flexibility index (Phi) is 6.26. The summed E-state index contributed by atoms with van der Waals surface area (Å²) in [5, 5.41) is 12.4. The number of hydrogen-bond acceptors (Lipinski definition) is 4. The monoisotopic (exact) mass is 462 g/mol. The molecule has 2 aromatic carbocycles. The van der Waals surface area contributed by atoms with Gasteiger partial charge in [-0.1, -0.05) is 61.4 Å². The molecule has 2 aromatic rings. The number of carbonyl (C=O) groups excluding carboxylic acids is 2. The van der Waals surface area contributed by atoms with Gasteiger partial charge in [-0.25, -0.2) is 9.59 Å². The van der Waals surface area contributed by atoms with E-state index in [2.05, 4.69) is 29.6 Å². The third-order valence-corrected chi connectivity index (χ3v) is 7.55. The molecule has 3 atom stereocenters. The molecule has 0 aromatic heterocycles. The maximum absolute atomic E-state index is 13.2. The van der Waals surface area contributed by atoms with Crippen LogP contribution in [-0.4, -0.2) is 53.2 Å². The minimum atomic E-state index is -0.956. The van der Waals surface area contributed by atoms with Crippen LogP contribution in [0.15, 0.2) is 48.5 Å². The summed E-state index contributed by atoms with van der Waals surface area (Å²) in [6.45, 7) is 0.683. The van der Waals surface area contributed by atoms with Crippen molar-refractivity contribution in [3.05, 3.63) is 59.7 Å². The second-order valence-corrected chi connectivity index (χ2v) is 9.50. The van der Waals surface area contributed by atoms with Crippen molar-refractivity contribution < 1.29 is 24.2 Å². The van der Waals surface area contributed by atoms with Crippen molar-refractivity contribution in [2.45, 2.75) is 56.5 Å². The molecule has 5 rings (SSSR count). The summed E-state index contributed by atoms with van der Waals surface area (Å²) in [6, 6.07) is 15.3. The molecule has 2 amide bonds. The quantitative estimate of drug-likeness (QED) is 0.696. The van der Waals surface area contributed by atoms with Crippen LogP contribution in [0.3, 0.4) is 0 Å². The van der Waals surface area contributed by atoms with E-state index < -0.39 is 24.0 Å². The highest BCUT2D eigenvalue weighted by atomic mass is 16.5. The number of likely N-dealkylation sites (tertiary alicyclic amines) is 1. The van der Waals surface area contributed by atoms with Crippen LogP contribution < -0.4 is 5.32 Å². The molecule has 0 spiro atoms. The number of nitrogens with one attached hydrogen (secondary N) is 1. The van der Waals surface area contributed by atoms with Gasteiger partial charge in [0.1, 0.15) is 12.6 Å². The number of hydrogen-bond donors (Lipinski definition) is 2. The number of nitrogens with zero attached hydrogens (tertiary/aromatic N) is 1. The Balaban J connectivity index is 1.24. The molecule has 2 N–H and O–H groups in total. The van der Waals surface area contributed by atoms with Gasteiger partial charge in [0, 0.05) is 18.5 Å². The van der Waals surface area contributed by atoms with Crippen molar-refractivity contribution in [1.29, 1.82) is 0 Å². The fraction of sp³-hybridized carbons (Fsp3) is 0.444. The molecule has 1 saturated carbocycles. The van der Waals surface area contributed by atoms with Gasteiger partial charge in [-0.3, -0.25) is 4.79 Å². The van der Waals surface area contributed by atoms with Crippen LogP contribution in [0.5, 0.6) is 0 Å². The highest BCUT2D eigenvalue weighted by Gasteiger charge is 2.41. The summed E-state index contributed by atoms with van der Waals surface area (Å²) in [6.07, 6.45) is 3.80. The van der Waals surface area contributed by atoms with Crippen LogP contribution >= 0.6 is 0 Å². The SMILES string of the molecule is O=C(NC1CCCCC1C(=O)N1CCCC1C(=O)O)OCC1c2ccccc2-c2ccccc21. The fourth-order valence-corrected chi connectivity index (χ4v) is 5.89. The first-order chi connectivity index (χ1) is 16.5. The predicted molar refractivity (Wildman–Crippen MR) is 126 cm³/mol. The lowest BCUT2D eigenvalue weighted by molar-refractivity contribution is -0.150. The molecule has 0 radical (unpaired) electrons. The average molecular weight is 463 g/mol. The standard InChI is InChI=1S/C27H30N2O5/c30-25(29-15-7-14-24(29)26(31)32)21-12-5-6-13-23(21)28-27(33)34-16-22-19-10-3-1-8-17(19)18-9-2-4-11-20(18)22/h1-4,8-11,21-24H,5-7,12-16H2,(H,28,33)(H,31,32). The summed E-state index contributed by atoms with van der Waals surface area (Å²) in [4.78, 5) is 39.1. The molecule has 1 aliphatic heterocycles. The van der Waals surface area contributed by atoms with E-state index in [1.54, 1.807) is 0 Å². The molecule has 34 heavy (non-hydrogen) atoms. The van der Waals surface area contributed by atoms with E-state index in [4.69, 9.17) is 4.74 Å². The number of fused-ring (bicyclic) bond motifs is 3. The van der Waals surface area contributed by atoms with Gasteiger partial charge in [-0.05, 0) is 47.9 Å². The predicted octanol–water partition coefficient (Wildman–Crippen LogP) is 4.16. The number of benzene rings is 2. The Labute approximate surface area is 199 Å². The number of carbonyl (C=O) groups is 3. The van der Waals surface area contributed by atoms with Crippen LogP contribution in [-0.2, 0) is 14.3 Å². The van der Waals surface area contributed by atoms with Crippen LogP contribution in [0.4, 0.5) is 4.79 Å². The Bertz CT molecular complexity index is 1050. The summed E-state index contributed by atoms with van der Waals surface area (Å²) >= 11 is 0. The molecule has 3 aliphatic rings. The summed E-state index contributed by atoms with van der Waals surface area (Å²) in [5.74, 6) is -1.55. The van der Waals surface area contributed by atoms with E-state index in [1.165, 1.54) is 16.0 Å². The number of alkyl carbamates (subject to hydrolysis) is 1. The van der Waals surface area contributed by atoms with Gasteiger partial charge in [-0.2, -0.15) is 0 Å². The zero-order valence-corrected chi connectivity index (χ0v) is 19.1. The highest BCUT2D eigenvalue weighted by Crippen LogP contribution is 2.44. The Morgan fingerprint density at radius 3 is 2.24 bits per heavy atom. The smallest absolute Gasteiger partial charge is 0.407 e. The van der Waals surface area contributed by atoms with Crippen LogP contribution in [0, 0.1) is 5.92 Å². The molecule has 3 unspecified atom stereocenters. The number of carboxylic acids is 1. The van der Waals surface area contributed by atoms with Crippen molar-refractivity contribution in [2.75, 3.05) is 13.2 Å². The van der Waals surface area contributed by atoms with Crippen LogP contribution in [0.25, 0.3) is 11.1 Å². The molecular weight excluding hydrogens is 432 g/mol. The lowest BCUT2D eigenvalue weighted by Gasteiger charge is -2.34. The summed E-state index contributed by atoms with van der Waals surface area (Å²) in [7, 11) is 0. The van der Waals surface area contributed by atoms with Gasteiger partial charge in [0.25, 0.3) is 0 Å². The van der Waals surface area contributed by atoms with Crippen molar-refractivity contribution in [3.8, 4) is 11.1 Å². The number of rotatable bonds is 5.